The summed E-state index contributed by atoms with van der Waals surface area (Å²) in [6, 6.07) is 24.8. The highest BCUT2D eigenvalue weighted by atomic mass is 16.5. The van der Waals surface area contributed by atoms with Gasteiger partial charge in [-0.2, -0.15) is 0 Å². The Bertz CT molecular complexity index is 910. The molecule has 138 valence electrons. The van der Waals surface area contributed by atoms with E-state index in [-0.39, 0.29) is 0 Å². The van der Waals surface area contributed by atoms with Gasteiger partial charge >= 0.3 is 0 Å². The molecule has 0 heterocycles. The lowest BCUT2D eigenvalue weighted by Gasteiger charge is -2.16. The van der Waals surface area contributed by atoms with Crippen molar-refractivity contribution in [2.45, 2.75) is 0 Å². The van der Waals surface area contributed by atoms with Gasteiger partial charge in [0.25, 0.3) is 0 Å². The first-order chi connectivity index (χ1) is 13.1. The molecule has 0 spiro atoms. The number of benzene rings is 3. The Morgan fingerprint density at radius 3 is 1.89 bits per heavy atom. The van der Waals surface area contributed by atoms with E-state index in [1.807, 2.05) is 24.3 Å². The Morgan fingerprint density at radius 2 is 1.33 bits per heavy atom. The van der Waals surface area contributed by atoms with Gasteiger partial charge in [-0.25, -0.2) is 0 Å². The van der Waals surface area contributed by atoms with Crippen molar-refractivity contribution in [1.29, 1.82) is 0 Å². The summed E-state index contributed by atoms with van der Waals surface area (Å²) >= 11 is 0. The summed E-state index contributed by atoms with van der Waals surface area (Å²) in [6.07, 6.45) is 2.20. The fraction of sp³-hybridized carbons (Fsp3) is 0.167. The van der Waals surface area contributed by atoms with E-state index in [0.29, 0.717) is 0 Å². The third-order valence-electron chi connectivity index (χ3n) is 4.50. The van der Waals surface area contributed by atoms with Crippen molar-refractivity contribution in [2.24, 2.45) is 0 Å². The first-order valence-electron chi connectivity index (χ1n) is 8.88. The number of ether oxygens (including phenoxy) is 2. The molecule has 0 saturated carbocycles. The number of hydrogen-bond acceptors (Lipinski definition) is 3. The monoisotopic (exact) mass is 359 g/mol. The lowest BCUT2D eigenvalue weighted by atomic mass is 9.95. The maximum atomic E-state index is 5.31. The molecule has 3 heteroatoms. The molecular weight excluding hydrogens is 334 g/mol. The van der Waals surface area contributed by atoms with Crippen molar-refractivity contribution in [3.8, 4) is 11.5 Å². The van der Waals surface area contributed by atoms with E-state index in [1.54, 1.807) is 14.2 Å². The van der Waals surface area contributed by atoms with Crippen LogP contribution in [0.15, 0.2) is 72.8 Å². The van der Waals surface area contributed by atoms with Gasteiger partial charge < -0.3 is 14.4 Å². The molecule has 27 heavy (non-hydrogen) atoms. The molecule has 0 saturated heterocycles. The minimum atomic E-state index is 0.851. The molecule has 3 aromatic carbocycles. The number of hydrogen-bond donors (Lipinski definition) is 0. The second-order valence-corrected chi connectivity index (χ2v) is 6.50. The van der Waals surface area contributed by atoms with Crippen LogP contribution in [0.3, 0.4) is 0 Å². The molecular formula is C24H25NO2. The first-order valence-corrected chi connectivity index (χ1v) is 8.88. The molecule has 0 bridgehead atoms. The lowest BCUT2D eigenvalue weighted by molar-refractivity contribution is 0.414. The van der Waals surface area contributed by atoms with Crippen LogP contribution in [0.5, 0.6) is 11.5 Å². The summed E-state index contributed by atoms with van der Waals surface area (Å²) < 4.78 is 10.6. The van der Waals surface area contributed by atoms with E-state index >= 15 is 0 Å². The maximum absolute atomic E-state index is 5.31. The van der Waals surface area contributed by atoms with Gasteiger partial charge in [0.15, 0.2) is 0 Å². The van der Waals surface area contributed by atoms with Crippen LogP contribution in [0.2, 0.25) is 0 Å². The van der Waals surface area contributed by atoms with Gasteiger partial charge in [-0.15, -0.1) is 0 Å². The molecule has 0 aromatic heterocycles. The van der Waals surface area contributed by atoms with Crippen LogP contribution in [0.25, 0.3) is 11.6 Å². The van der Waals surface area contributed by atoms with Crippen molar-refractivity contribution in [3.63, 3.8) is 0 Å². The summed E-state index contributed by atoms with van der Waals surface area (Å²) in [5.41, 5.74) is 5.76. The largest absolute Gasteiger partial charge is 0.497 e. The zero-order valence-electron chi connectivity index (χ0n) is 16.3. The molecule has 0 amide bonds. The van der Waals surface area contributed by atoms with Crippen molar-refractivity contribution in [1.82, 2.24) is 0 Å². The molecule has 0 unspecified atom stereocenters. The fourth-order valence-corrected chi connectivity index (χ4v) is 2.92. The lowest BCUT2D eigenvalue weighted by Crippen LogP contribution is -2.08. The van der Waals surface area contributed by atoms with Crippen molar-refractivity contribution >= 4 is 17.3 Å². The van der Waals surface area contributed by atoms with Crippen molar-refractivity contribution in [3.05, 3.63) is 89.5 Å². The third kappa shape index (κ3) is 4.50. The second kappa shape index (κ2) is 8.45. The predicted octanol–water partition coefficient (Wildman–Crippen LogP) is 5.36. The van der Waals surface area contributed by atoms with Gasteiger partial charge in [0.1, 0.15) is 11.5 Å². The minimum absolute atomic E-state index is 0.851. The van der Waals surface area contributed by atoms with Crippen LogP contribution >= 0.6 is 0 Å². The van der Waals surface area contributed by atoms with Crippen LogP contribution in [-0.2, 0) is 0 Å². The normalized spacial score (nSPS) is 11.2. The zero-order chi connectivity index (χ0) is 19.2. The smallest absolute Gasteiger partial charge is 0.118 e. The first kappa shape index (κ1) is 18.6. The highest BCUT2D eigenvalue weighted by Crippen LogP contribution is 2.30. The Kier molecular flexibility index (Phi) is 5.82. The molecule has 0 aliphatic rings. The van der Waals surface area contributed by atoms with E-state index < -0.39 is 0 Å². The summed E-state index contributed by atoms with van der Waals surface area (Å²) in [6.45, 7) is 0. The van der Waals surface area contributed by atoms with Gasteiger partial charge in [-0.05, 0) is 64.7 Å². The van der Waals surface area contributed by atoms with Gasteiger partial charge in [0.05, 0.1) is 14.2 Å². The van der Waals surface area contributed by atoms with Crippen LogP contribution < -0.4 is 14.4 Å². The number of rotatable bonds is 6. The molecule has 0 aliphatic carbocycles. The molecule has 0 N–H and O–H groups in total. The standard InChI is InChI=1S/C24H25NO2/c1-25(2)21-7-5-6-20(17-21)24(19-10-14-23(27-4)15-11-19)16-18-8-12-22(26-3)13-9-18/h5-17H,1-4H3/b24-16+. The van der Waals surface area contributed by atoms with E-state index in [0.717, 1.165) is 28.2 Å². The minimum Gasteiger partial charge on any atom is -0.497 e. The summed E-state index contributed by atoms with van der Waals surface area (Å²) in [7, 11) is 7.47. The number of nitrogens with zero attached hydrogens (tertiary/aromatic N) is 1. The van der Waals surface area contributed by atoms with Gasteiger partial charge in [0.2, 0.25) is 0 Å². The highest BCUT2D eigenvalue weighted by molar-refractivity contribution is 5.92. The van der Waals surface area contributed by atoms with E-state index in [2.05, 4.69) is 73.6 Å². The molecule has 3 nitrogen and oxygen atoms in total. The molecule has 0 fully saturated rings. The summed E-state index contributed by atoms with van der Waals surface area (Å²) in [5.74, 6) is 1.71. The van der Waals surface area contributed by atoms with Gasteiger partial charge in [-0.3, -0.25) is 0 Å². The van der Waals surface area contributed by atoms with Crippen LogP contribution in [0.4, 0.5) is 5.69 Å². The SMILES string of the molecule is COc1ccc(/C=C(\c2ccc(OC)cc2)c2cccc(N(C)C)c2)cc1. The fourth-order valence-electron chi connectivity index (χ4n) is 2.92. The predicted molar refractivity (Wildman–Crippen MR) is 114 cm³/mol. The Balaban J connectivity index is 2.09. The Hall–Kier alpha value is -3.20. The topological polar surface area (TPSA) is 21.7 Å². The Morgan fingerprint density at radius 1 is 0.741 bits per heavy atom. The second-order valence-electron chi connectivity index (χ2n) is 6.50. The van der Waals surface area contributed by atoms with E-state index in [9.17, 15) is 0 Å². The number of methoxy groups -OCH3 is 2. The van der Waals surface area contributed by atoms with Gasteiger partial charge in [-0.1, -0.05) is 36.4 Å². The highest BCUT2D eigenvalue weighted by Gasteiger charge is 2.08. The summed E-state index contributed by atoms with van der Waals surface area (Å²) in [4.78, 5) is 2.11. The summed E-state index contributed by atoms with van der Waals surface area (Å²) in [5, 5.41) is 0. The molecule has 0 aliphatic heterocycles. The zero-order valence-corrected chi connectivity index (χ0v) is 16.3. The van der Waals surface area contributed by atoms with Crippen LogP contribution in [0.1, 0.15) is 16.7 Å². The van der Waals surface area contributed by atoms with Crippen molar-refractivity contribution in [2.75, 3.05) is 33.2 Å². The Labute approximate surface area is 161 Å². The van der Waals surface area contributed by atoms with E-state index in [1.165, 1.54) is 11.3 Å². The molecule has 3 aromatic rings. The van der Waals surface area contributed by atoms with Gasteiger partial charge in [0, 0.05) is 19.8 Å². The molecule has 3 rings (SSSR count). The van der Waals surface area contributed by atoms with Crippen LogP contribution in [0, 0.1) is 0 Å². The quantitative estimate of drug-likeness (QED) is 0.553. The number of anilines is 1. The molecule has 0 atom stereocenters. The van der Waals surface area contributed by atoms with Crippen LogP contribution in [-0.4, -0.2) is 28.3 Å². The average molecular weight is 359 g/mol. The third-order valence-corrected chi connectivity index (χ3v) is 4.50. The maximum Gasteiger partial charge on any atom is 0.118 e. The molecule has 0 radical (unpaired) electrons. The van der Waals surface area contributed by atoms with E-state index in [4.69, 9.17) is 9.47 Å². The average Bonchev–Trinajstić information content (AvgIpc) is 2.72. The van der Waals surface area contributed by atoms with Crippen molar-refractivity contribution < 1.29 is 9.47 Å².